The van der Waals surface area contributed by atoms with Crippen molar-refractivity contribution in [2.45, 2.75) is 65.2 Å². The Bertz CT molecular complexity index is 1470. The summed E-state index contributed by atoms with van der Waals surface area (Å²) in [5, 5.41) is 0. The second-order valence-electron chi connectivity index (χ2n) is 10.3. The number of benzene rings is 2. The second-order valence-corrected chi connectivity index (χ2v) is 10.3. The fraction of sp³-hybridized carbons (Fsp3) is 0.345. The average molecular weight is 454 g/mol. The van der Waals surface area contributed by atoms with E-state index in [1.54, 1.807) is 0 Å². The van der Waals surface area contributed by atoms with E-state index in [-0.39, 0.29) is 10.8 Å². The minimum absolute atomic E-state index is 0.0480. The third-order valence-corrected chi connectivity index (χ3v) is 7.16. The number of nitrogens with zero attached hydrogens (tertiary/aromatic N) is 3. The van der Waals surface area contributed by atoms with Crippen molar-refractivity contribution in [3.63, 3.8) is 0 Å². The molecule has 0 fully saturated rings. The maximum absolute atomic E-state index is 6.13. The second kappa shape index (κ2) is 8.08. The van der Waals surface area contributed by atoms with Gasteiger partial charge in [0, 0.05) is 22.7 Å². The van der Waals surface area contributed by atoms with Crippen molar-refractivity contribution in [3.8, 4) is 22.6 Å². The monoisotopic (exact) mass is 453 g/mol. The molecule has 174 valence electrons. The van der Waals surface area contributed by atoms with E-state index in [0.29, 0.717) is 5.89 Å². The molecule has 2 aromatic carbocycles. The molecule has 0 aliphatic rings. The van der Waals surface area contributed by atoms with Crippen molar-refractivity contribution in [2.75, 3.05) is 0 Å². The quantitative estimate of drug-likeness (QED) is 0.260. The highest BCUT2D eigenvalue weighted by atomic mass is 16.4. The molecule has 5 heteroatoms. The van der Waals surface area contributed by atoms with Crippen molar-refractivity contribution < 1.29 is 8.83 Å². The first-order valence-electron chi connectivity index (χ1n) is 12.0. The molecule has 0 unspecified atom stereocenters. The van der Waals surface area contributed by atoms with Crippen LogP contribution in [0.3, 0.4) is 0 Å². The van der Waals surface area contributed by atoms with Crippen LogP contribution >= 0.6 is 0 Å². The lowest BCUT2D eigenvalue weighted by atomic mass is 9.86. The van der Waals surface area contributed by atoms with E-state index in [4.69, 9.17) is 13.8 Å². The van der Waals surface area contributed by atoms with Gasteiger partial charge >= 0.3 is 0 Å². The largest absolute Gasteiger partial charge is 0.440 e. The average Bonchev–Trinajstić information content (AvgIpc) is 3.48. The van der Waals surface area contributed by atoms with Crippen LogP contribution in [0.1, 0.15) is 66.0 Å². The molecule has 0 saturated heterocycles. The Kier molecular flexibility index (Phi) is 5.31. The topological polar surface area (TPSA) is 65.0 Å². The maximum atomic E-state index is 6.13. The molecule has 3 heterocycles. The van der Waals surface area contributed by atoms with E-state index in [2.05, 4.69) is 69.7 Å². The Morgan fingerprint density at radius 1 is 0.676 bits per heavy atom. The van der Waals surface area contributed by atoms with Crippen molar-refractivity contribution in [2.24, 2.45) is 0 Å². The molecule has 0 amide bonds. The van der Waals surface area contributed by atoms with Crippen LogP contribution < -0.4 is 0 Å². The van der Waals surface area contributed by atoms with Gasteiger partial charge in [0.05, 0.1) is 5.56 Å². The minimum atomic E-state index is -0.0896. The van der Waals surface area contributed by atoms with E-state index in [1.807, 2.05) is 36.5 Å². The van der Waals surface area contributed by atoms with Crippen molar-refractivity contribution in [1.82, 2.24) is 15.0 Å². The summed E-state index contributed by atoms with van der Waals surface area (Å²) in [6, 6.07) is 16.3. The molecule has 0 atom stereocenters. The summed E-state index contributed by atoms with van der Waals surface area (Å²) in [4.78, 5) is 14.1. The van der Waals surface area contributed by atoms with E-state index in [9.17, 15) is 0 Å². The lowest BCUT2D eigenvalue weighted by Gasteiger charge is -2.21. The predicted molar refractivity (Wildman–Crippen MR) is 137 cm³/mol. The zero-order valence-corrected chi connectivity index (χ0v) is 20.8. The zero-order chi connectivity index (χ0) is 24.1. The number of hydrogen-bond acceptors (Lipinski definition) is 5. The smallest absolute Gasteiger partial charge is 0.228 e. The van der Waals surface area contributed by atoms with Crippen LogP contribution in [0.5, 0.6) is 0 Å². The first-order valence-corrected chi connectivity index (χ1v) is 12.0. The number of aromatic nitrogens is 3. The Balaban J connectivity index is 1.47. The molecular weight excluding hydrogens is 422 g/mol. The standard InChI is InChI=1S/C29H31N3O2/c1-7-28(3,4)25-14-11-20(17-30-25)26-31-21-12-9-18(15-23(21)33-26)19-10-13-22-24(16-19)34-27(32-22)29(5,6)8-2/h9-17H,7-8H2,1-6H3. The Hall–Kier alpha value is -3.47. The molecule has 5 nitrogen and oxygen atoms in total. The van der Waals surface area contributed by atoms with Crippen LogP contribution in [0.15, 0.2) is 63.6 Å². The third-order valence-electron chi connectivity index (χ3n) is 7.16. The number of rotatable bonds is 6. The van der Waals surface area contributed by atoms with Gasteiger partial charge in [0.15, 0.2) is 11.2 Å². The summed E-state index contributed by atoms with van der Waals surface area (Å²) in [5.74, 6) is 1.36. The summed E-state index contributed by atoms with van der Waals surface area (Å²) >= 11 is 0. The minimum Gasteiger partial charge on any atom is -0.440 e. The third kappa shape index (κ3) is 3.89. The molecular formula is C29H31N3O2. The summed E-state index contributed by atoms with van der Waals surface area (Å²) in [7, 11) is 0. The molecule has 5 rings (SSSR count). The van der Waals surface area contributed by atoms with Crippen molar-refractivity contribution in [3.05, 3.63) is 66.3 Å². The molecule has 0 spiro atoms. The Morgan fingerprint density at radius 2 is 1.26 bits per heavy atom. The van der Waals surface area contributed by atoms with Gasteiger partial charge in [-0.15, -0.1) is 0 Å². The molecule has 0 radical (unpaired) electrons. The molecule has 34 heavy (non-hydrogen) atoms. The molecule has 0 aliphatic carbocycles. The van der Waals surface area contributed by atoms with Gasteiger partial charge in [0.2, 0.25) is 11.8 Å². The Labute approximate surface area is 200 Å². The number of oxazole rings is 2. The van der Waals surface area contributed by atoms with Crippen molar-refractivity contribution >= 4 is 22.2 Å². The van der Waals surface area contributed by atoms with Gasteiger partial charge in [-0.3, -0.25) is 4.98 Å². The molecule has 0 aliphatic heterocycles. The predicted octanol–water partition coefficient (Wildman–Crippen LogP) is 8.07. The van der Waals surface area contributed by atoms with Crippen molar-refractivity contribution in [1.29, 1.82) is 0 Å². The van der Waals surface area contributed by atoms with Gasteiger partial charge in [-0.25, -0.2) is 9.97 Å². The van der Waals surface area contributed by atoms with Crippen LogP contribution in [0.2, 0.25) is 0 Å². The van der Waals surface area contributed by atoms with Gasteiger partial charge in [0.25, 0.3) is 0 Å². The summed E-state index contributed by atoms with van der Waals surface area (Å²) in [5.41, 5.74) is 7.26. The fourth-order valence-electron chi connectivity index (χ4n) is 3.87. The molecule has 5 aromatic rings. The highest BCUT2D eigenvalue weighted by Crippen LogP contribution is 2.33. The van der Waals surface area contributed by atoms with E-state index in [1.165, 1.54) is 0 Å². The normalized spacial score (nSPS) is 12.6. The highest BCUT2D eigenvalue weighted by molar-refractivity contribution is 5.85. The summed E-state index contributed by atoms with van der Waals surface area (Å²) in [6.07, 6.45) is 3.85. The molecule has 0 bridgehead atoms. The zero-order valence-electron chi connectivity index (χ0n) is 20.8. The number of fused-ring (bicyclic) bond motifs is 2. The molecule has 0 saturated carbocycles. The van der Waals surface area contributed by atoms with Gasteiger partial charge < -0.3 is 8.83 Å². The van der Waals surface area contributed by atoms with Crippen LogP contribution in [0.4, 0.5) is 0 Å². The molecule has 0 N–H and O–H groups in total. The van der Waals surface area contributed by atoms with Gasteiger partial charge in [-0.05, 0) is 60.4 Å². The SMILES string of the molecule is CCC(C)(C)c1ccc(-c2nc3ccc(-c4ccc5nc(C(C)(C)CC)oc5c4)cc3o2)cn1. The summed E-state index contributed by atoms with van der Waals surface area (Å²) < 4.78 is 12.3. The lowest BCUT2D eigenvalue weighted by molar-refractivity contribution is 0.374. The van der Waals surface area contributed by atoms with E-state index >= 15 is 0 Å². The van der Waals surface area contributed by atoms with E-state index in [0.717, 1.165) is 63.3 Å². The van der Waals surface area contributed by atoms with Crippen LogP contribution in [-0.2, 0) is 10.8 Å². The van der Waals surface area contributed by atoms with Crippen LogP contribution in [0.25, 0.3) is 44.8 Å². The number of hydrogen-bond donors (Lipinski definition) is 0. The first-order chi connectivity index (χ1) is 16.2. The molecule has 3 aromatic heterocycles. The van der Waals surface area contributed by atoms with Gasteiger partial charge in [0.1, 0.15) is 11.0 Å². The van der Waals surface area contributed by atoms with Crippen LogP contribution in [0, 0.1) is 0 Å². The fourth-order valence-corrected chi connectivity index (χ4v) is 3.87. The van der Waals surface area contributed by atoms with E-state index < -0.39 is 0 Å². The maximum Gasteiger partial charge on any atom is 0.228 e. The highest BCUT2D eigenvalue weighted by Gasteiger charge is 2.25. The lowest BCUT2D eigenvalue weighted by Crippen LogP contribution is -2.17. The number of pyridine rings is 1. The first kappa shape index (κ1) is 22.3. The van der Waals surface area contributed by atoms with Gasteiger partial charge in [-0.2, -0.15) is 0 Å². The van der Waals surface area contributed by atoms with Gasteiger partial charge in [-0.1, -0.05) is 53.7 Å². The Morgan fingerprint density at radius 3 is 1.85 bits per heavy atom. The van der Waals surface area contributed by atoms with Crippen LogP contribution in [-0.4, -0.2) is 15.0 Å². The summed E-state index contributed by atoms with van der Waals surface area (Å²) in [6.45, 7) is 13.1.